The quantitative estimate of drug-likeness (QED) is 0.803. The molecule has 0 spiro atoms. The van der Waals surface area contributed by atoms with Gasteiger partial charge >= 0.3 is 5.97 Å². The minimum Gasteiger partial charge on any atom is -0.478 e. The van der Waals surface area contributed by atoms with Crippen LogP contribution in [0.5, 0.6) is 0 Å². The minimum atomic E-state index is -1.04. The molecule has 0 heterocycles. The van der Waals surface area contributed by atoms with E-state index in [2.05, 4.69) is 5.92 Å². The molecule has 0 atom stereocenters. The maximum absolute atomic E-state index is 10.8. The van der Waals surface area contributed by atoms with E-state index in [1.54, 1.807) is 6.07 Å². The zero-order valence-corrected chi connectivity index (χ0v) is 10.2. The molecule has 1 rings (SSSR count). The second-order valence-electron chi connectivity index (χ2n) is 3.77. The Balaban J connectivity index is 3.19. The number of carboxylic acid groups (broad SMARTS) is 1. The van der Waals surface area contributed by atoms with Crippen molar-refractivity contribution in [1.82, 2.24) is 0 Å². The number of hydrogen-bond donors (Lipinski definition) is 1. The summed E-state index contributed by atoms with van der Waals surface area (Å²) in [4.78, 5) is 12.7. The Morgan fingerprint density at radius 3 is 2.78 bits per heavy atom. The fraction of sp³-hybridized carbons (Fsp3) is 0.286. The van der Waals surface area contributed by atoms with Crippen LogP contribution in [-0.2, 0) is 0 Å². The lowest BCUT2D eigenvalue weighted by Crippen LogP contribution is -2.25. The van der Waals surface area contributed by atoms with E-state index in [9.17, 15) is 4.79 Å². The van der Waals surface area contributed by atoms with Crippen molar-refractivity contribution < 1.29 is 9.90 Å². The normalized spacial score (nSPS) is 9.28. The van der Waals surface area contributed by atoms with Gasteiger partial charge in [-0.2, -0.15) is 5.26 Å². The molecule has 18 heavy (non-hydrogen) atoms. The highest BCUT2D eigenvalue weighted by Gasteiger charge is 2.12. The molecule has 0 saturated carbocycles. The van der Waals surface area contributed by atoms with Gasteiger partial charge in [-0.25, -0.2) is 4.79 Å². The number of aromatic carboxylic acids is 1. The van der Waals surface area contributed by atoms with E-state index in [1.165, 1.54) is 12.1 Å². The van der Waals surface area contributed by atoms with Crippen molar-refractivity contribution >= 4 is 11.7 Å². The van der Waals surface area contributed by atoms with E-state index >= 15 is 0 Å². The number of benzene rings is 1. The lowest BCUT2D eigenvalue weighted by atomic mass is 10.1. The molecule has 4 nitrogen and oxygen atoms in total. The molecule has 0 aliphatic heterocycles. The fourth-order valence-electron chi connectivity index (χ4n) is 1.70. The van der Waals surface area contributed by atoms with Gasteiger partial charge in [-0.15, -0.1) is 6.42 Å². The van der Waals surface area contributed by atoms with Crippen LogP contribution >= 0.6 is 0 Å². The average molecular weight is 242 g/mol. The van der Waals surface area contributed by atoms with Crippen LogP contribution in [0.25, 0.3) is 0 Å². The van der Waals surface area contributed by atoms with E-state index in [-0.39, 0.29) is 5.56 Å². The molecule has 1 N–H and O–H groups in total. The summed E-state index contributed by atoms with van der Waals surface area (Å²) in [5.74, 6) is 1.50. The SMILES string of the molecule is C#CCN(CCC)c1ccc(C(=O)O)cc1C#N. The van der Waals surface area contributed by atoms with Crippen LogP contribution in [0.4, 0.5) is 5.69 Å². The van der Waals surface area contributed by atoms with Gasteiger partial charge in [0.2, 0.25) is 0 Å². The third-order valence-corrected chi connectivity index (χ3v) is 2.48. The lowest BCUT2D eigenvalue weighted by Gasteiger charge is -2.22. The molecule has 1 aromatic rings. The predicted molar refractivity (Wildman–Crippen MR) is 69.5 cm³/mol. The summed E-state index contributed by atoms with van der Waals surface area (Å²) in [7, 11) is 0. The highest BCUT2D eigenvalue weighted by Crippen LogP contribution is 2.21. The number of rotatable bonds is 5. The Morgan fingerprint density at radius 1 is 1.56 bits per heavy atom. The number of nitriles is 1. The third kappa shape index (κ3) is 3.02. The molecule has 0 amide bonds. The van der Waals surface area contributed by atoms with E-state index in [0.29, 0.717) is 17.8 Å². The summed E-state index contributed by atoms with van der Waals surface area (Å²) in [6.07, 6.45) is 6.19. The summed E-state index contributed by atoms with van der Waals surface area (Å²) in [5, 5.41) is 18.0. The van der Waals surface area contributed by atoms with E-state index in [0.717, 1.165) is 13.0 Å². The van der Waals surface area contributed by atoms with Crippen LogP contribution in [0.15, 0.2) is 18.2 Å². The van der Waals surface area contributed by atoms with Gasteiger partial charge in [0.15, 0.2) is 0 Å². The molecular weight excluding hydrogens is 228 g/mol. The van der Waals surface area contributed by atoms with Gasteiger partial charge < -0.3 is 10.0 Å². The van der Waals surface area contributed by atoms with E-state index in [4.69, 9.17) is 16.8 Å². The van der Waals surface area contributed by atoms with Crippen molar-refractivity contribution in [3.63, 3.8) is 0 Å². The summed E-state index contributed by atoms with van der Waals surface area (Å²) >= 11 is 0. The van der Waals surface area contributed by atoms with Crippen molar-refractivity contribution in [2.24, 2.45) is 0 Å². The molecule has 4 heteroatoms. The third-order valence-electron chi connectivity index (χ3n) is 2.48. The molecule has 0 fully saturated rings. The molecule has 1 aromatic carbocycles. The van der Waals surface area contributed by atoms with Crippen molar-refractivity contribution in [3.8, 4) is 18.4 Å². The first kappa shape index (κ1) is 13.6. The van der Waals surface area contributed by atoms with E-state index < -0.39 is 5.97 Å². The first-order chi connectivity index (χ1) is 8.63. The molecule has 0 saturated heterocycles. The van der Waals surface area contributed by atoms with Crippen molar-refractivity contribution in [2.75, 3.05) is 18.0 Å². The zero-order chi connectivity index (χ0) is 13.5. The zero-order valence-electron chi connectivity index (χ0n) is 10.2. The van der Waals surface area contributed by atoms with Gasteiger partial charge in [0, 0.05) is 6.54 Å². The van der Waals surface area contributed by atoms with Gasteiger partial charge in [-0.3, -0.25) is 0 Å². The summed E-state index contributed by atoms with van der Waals surface area (Å²) in [6.45, 7) is 3.14. The van der Waals surface area contributed by atoms with Crippen LogP contribution in [-0.4, -0.2) is 24.2 Å². The van der Waals surface area contributed by atoms with Gasteiger partial charge in [0.05, 0.1) is 23.4 Å². The van der Waals surface area contributed by atoms with Crippen molar-refractivity contribution in [3.05, 3.63) is 29.3 Å². The Labute approximate surface area is 106 Å². The molecule has 0 radical (unpaired) electrons. The number of terminal acetylenes is 1. The summed E-state index contributed by atoms with van der Waals surface area (Å²) in [5.41, 5.74) is 1.12. The fourth-order valence-corrected chi connectivity index (χ4v) is 1.70. The van der Waals surface area contributed by atoms with Crippen LogP contribution in [0.1, 0.15) is 29.3 Å². The van der Waals surface area contributed by atoms with Crippen LogP contribution in [0.2, 0.25) is 0 Å². The Bertz CT molecular complexity index is 524. The van der Waals surface area contributed by atoms with Gasteiger partial charge in [0.25, 0.3) is 0 Å². The van der Waals surface area contributed by atoms with Crippen LogP contribution in [0.3, 0.4) is 0 Å². The molecule has 0 bridgehead atoms. The van der Waals surface area contributed by atoms with Crippen molar-refractivity contribution in [2.45, 2.75) is 13.3 Å². The first-order valence-electron chi connectivity index (χ1n) is 5.59. The van der Waals surface area contributed by atoms with Gasteiger partial charge in [-0.05, 0) is 24.6 Å². The largest absolute Gasteiger partial charge is 0.478 e. The Kier molecular flexibility index (Phi) is 4.78. The number of hydrogen-bond acceptors (Lipinski definition) is 3. The first-order valence-corrected chi connectivity index (χ1v) is 5.59. The number of carbonyl (C=O) groups is 1. The maximum Gasteiger partial charge on any atom is 0.335 e. The maximum atomic E-state index is 10.8. The minimum absolute atomic E-state index is 0.104. The van der Waals surface area contributed by atoms with Crippen LogP contribution in [0, 0.1) is 23.7 Å². The van der Waals surface area contributed by atoms with Crippen molar-refractivity contribution in [1.29, 1.82) is 5.26 Å². The topological polar surface area (TPSA) is 64.3 Å². The predicted octanol–water partition coefficient (Wildman–Crippen LogP) is 2.11. The van der Waals surface area contributed by atoms with Crippen LogP contribution < -0.4 is 4.90 Å². The molecule has 0 aliphatic carbocycles. The summed E-state index contributed by atoms with van der Waals surface area (Å²) in [6, 6.07) is 6.50. The van der Waals surface area contributed by atoms with Gasteiger partial charge in [0.1, 0.15) is 6.07 Å². The molecule has 0 aliphatic rings. The number of carboxylic acids is 1. The highest BCUT2D eigenvalue weighted by atomic mass is 16.4. The van der Waals surface area contributed by atoms with Gasteiger partial charge in [-0.1, -0.05) is 12.8 Å². The Morgan fingerprint density at radius 2 is 2.28 bits per heavy atom. The van der Waals surface area contributed by atoms with E-state index in [1.807, 2.05) is 17.9 Å². The smallest absolute Gasteiger partial charge is 0.335 e. The lowest BCUT2D eigenvalue weighted by molar-refractivity contribution is 0.0697. The summed E-state index contributed by atoms with van der Waals surface area (Å²) < 4.78 is 0. The highest BCUT2D eigenvalue weighted by molar-refractivity contribution is 5.89. The molecule has 92 valence electrons. The number of nitrogens with zero attached hydrogens (tertiary/aromatic N) is 2. The average Bonchev–Trinajstić information content (AvgIpc) is 2.37. The molecule has 0 unspecified atom stereocenters. The standard InChI is InChI=1S/C14H14N2O2/c1-3-7-16(8-4-2)13-6-5-11(14(17)18)9-12(13)10-15/h1,5-6,9H,4,7-8H2,2H3,(H,17,18). The molecule has 0 aromatic heterocycles. The number of anilines is 1. The monoisotopic (exact) mass is 242 g/mol. The second kappa shape index (κ2) is 6.32. The second-order valence-corrected chi connectivity index (χ2v) is 3.77. The Hall–Kier alpha value is -2.46. The molecular formula is C14H14N2O2.